The Morgan fingerprint density at radius 2 is 2.24 bits per heavy atom. The number of carbonyl (C=O) groups is 1. The third kappa shape index (κ3) is 6.80. The number of fused-ring (bicyclic) bond motifs is 1. The number of amidine groups is 2. The quantitative estimate of drug-likeness (QED) is 0.426. The Hall–Kier alpha value is -2.40. The van der Waals surface area contributed by atoms with Crippen LogP contribution in [0, 0.1) is 5.92 Å². The molecule has 12 heteroatoms. The Morgan fingerprint density at radius 1 is 1.48 bits per heavy atom. The molecule has 1 fully saturated rings. The van der Waals surface area contributed by atoms with Gasteiger partial charge in [-0.3, -0.25) is 9.79 Å². The van der Waals surface area contributed by atoms with E-state index in [2.05, 4.69) is 20.3 Å². The van der Waals surface area contributed by atoms with E-state index in [-0.39, 0.29) is 24.5 Å². The van der Waals surface area contributed by atoms with Crippen LogP contribution in [0.5, 0.6) is 0 Å². The summed E-state index contributed by atoms with van der Waals surface area (Å²) in [6, 6.07) is -0.887. The average molecular weight is 489 g/mol. The topological polar surface area (TPSA) is 90.7 Å². The van der Waals surface area contributed by atoms with Crippen LogP contribution in [0.1, 0.15) is 33.6 Å². The van der Waals surface area contributed by atoms with E-state index in [4.69, 9.17) is 16.3 Å². The van der Waals surface area contributed by atoms with Crippen LogP contribution in [-0.2, 0) is 9.53 Å². The number of aliphatic imine (C=N–C) groups is 3. The van der Waals surface area contributed by atoms with E-state index in [0.29, 0.717) is 30.4 Å². The van der Waals surface area contributed by atoms with Gasteiger partial charge in [-0.05, 0) is 27.2 Å². The molecule has 0 aromatic carbocycles. The van der Waals surface area contributed by atoms with Crippen molar-refractivity contribution >= 4 is 35.5 Å². The van der Waals surface area contributed by atoms with Gasteiger partial charge in [0.05, 0.1) is 18.4 Å². The van der Waals surface area contributed by atoms with E-state index in [1.807, 2.05) is 26.1 Å². The largest absolute Gasteiger partial charge is 0.405 e. The third-order valence-corrected chi connectivity index (χ3v) is 5.51. The zero-order chi connectivity index (χ0) is 24.2. The lowest BCUT2D eigenvalue weighted by molar-refractivity contribution is -0.140. The molecule has 0 spiro atoms. The normalized spacial score (nSPS) is 25.7. The van der Waals surface area contributed by atoms with Crippen molar-refractivity contribution in [3.05, 3.63) is 23.0 Å². The highest BCUT2D eigenvalue weighted by Crippen LogP contribution is 2.31. The van der Waals surface area contributed by atoms with Crippen LogP contribution in [0.25, 0.3) is 0 Å². The summed E-state index contributed by atoms with van der Waals surface area (Å²) in [6.07, 6.45) is 0.902. The van der Waals surface area contributed by atoms with Crippen molar-refractivity contribution in [2.24, 2.45) is 20.9 Å². The number of allylic oxidation sites excluding steroid dienone is 1. The van der Waals surface area contributed by atoms with Crippen LogP contribution in [0.15, 0.2) is 38.0 Å². The molecule has 3 aliphatic rings. The zero-order valence-corrected chi connectivity index (χ0v) is 19.5. The lowest BCUT2D eigenvalue weighted by Crippen LogP contribution is -2.45. The Morgan fingerprint density at radius 3 is 2.91 bits per heavy atom. The molecule has 1 amide bonds. The molecule has 2 unspecified atom stereocenters. The number of likely N-dealkylation sites (tertiary alicyclic amines) is 1. The highest BCUT2D eigenvalue weighted by molar-refractivity contribution is 6.30. The van der Waals surface area contributed by atoms with Gasteiger partial charge in [0.25, 0.3) is 0 Å². The number of nitrogens with one attached hydrogen (secondary N) is 2. The maximum atomic E-state index is 12.6. The van der Waals surface area contributed by atoms with Crippen LogP contribution in [0.3, 0.4) is 0 Å². The molecule has 0 aromatic rings. The number of carbonyl (C=O) groups excluding carboxylic acids is 1. The Balaban J connectivity index is 1.79. The average Bonchev–Trinajstić information content (AvgIpc) is 3.32. The molecule has 182 valence electrons. The van der Waals surface area contributed by atoms with Crippen molar-refractivity contribution in [1.29, 1.82) is 0 Å². The molecule has 33 heavy (non-hydrogen) atoms. The predicted octanol–water partition coefficient (Wildman–Crippen LogP) is 2.97. The van der Waals surface area contributed by atoms with Gasteiger partial charge in [0, 0.05) is 48.6 Å². The van der Waals surface area contributed by atoms with Gasteiger partial charge in [-0.2, -0.15) is 13.2 Å². The van der Waals surface area contributed by atoms with E-state index in [9.17, 15) is 18.0 Å². The summed E-state index contributed by atoms with van der Waals surface area (Å²) >= 11 is 6.18. The Kier molecular flexibility index (Phi) is 8.17. The maximum absolute atomic E-state index is 12.6. The van der Waals surface area contributed by atoms with Crippen LogP contribution in [0.2, 0.25) is 0 Å². The van der Waals surface area contributed by atoms with Crippen molar-refractivity contribution in [3.8, 4) is 0 Å². The number of halogens is 4. The van der Waals surface area contributed by atoms with Gasteiger partial charge in [0.1, 0.15) is 18.4 Å². The van der Waals surface area contributed by atoms with E-state index < -0.39 is 24.7 Å². The molecule has 3 atom stereocenters. The molecule has 0 aliphatic carbocycles. The van der Waals surface area contributed by atoms with Gasteiger partial charge in [0.2, 0.25) is 5.91 Å². The van der Waals surface area contributed by atoms with Crippen LogP contribution >= 0.6 is 11.6 Å². The van der Waals surface area contributed by atoms with E-state index >= 15 is 0 Å². The van der Waals surface area contributed by atoms with Gasteiger partial charge in [0.15, 0.2) is 5.84 Å². The van der Waals surface area contributed by atoms with Gasteiger partial charge >= 0.3 is 6.18 Å². The number of alkyl halides is 3. The molecule has 3 heterocycles. The van der Waals surface area contributed by atoms with Crippen LogP contribution in [-0.4, -0.2) is 72.9 Å². The number of amides is 1. The highest BCUT2D eigenvalue weighted by atomic mass is 35.5. The molecule has 0 aromatic heterocycles. The minimum absolute atomic E-state index is 0.0609. The number of rotatable bonds is 7. The lowest BCUT2D eigenvalue weighted by Gasteiger charge is -2.22. The van der Waals surface area contributed by atoms with E-state index in [0.717, 1.165) is 11.4 Å². The molecule has 1 saturated heterocycles. The molecule has 3 rings (SSSR count). The van der Waals surface area contributed by atoms with Gasteiger partial charge < -0.3 is 20.3 Å². The molecular formula is C21H28ClF3N6O2. The van der Waals surface area contributed by atoms with Crippen LogP contribution in [0.4, 0.5) is 13.2 Å². The second-order valence-electron chi connectivity index (χ2n) is 8.24. The van der Waals surface area contributed by atoms with E-state index in [1.165, 1.54) is 6.34 Å². The monoisotopic (exact) mass is 488 g/mol. The zero-order valence-electron chi connectivity index (χ0n) is 18.7. The van der Waals surface area contributed by atoms with Crippen molar-refractivity contribution < 1.29 is 22.7 Å². The minimum atomic E-state index is -4.49. The summed E-state index contributed by atoms with van der Waals surface area (Å²) in [5, 5.41) is 5.70. The number of nitrogens with zero attached hydrogens (tertiary/aromatic N) is 4. The summed E-state index contributed by atoms with van der Waals surface area (Å²) < 4.78 is 43.4. The summed E-state index contributed by atoms with van der Waals surface area (Å²) in [5.74, 6) is 0.373. The summed E-state index contributed by atoms with van der Waals surface area (Å²) in [4.78, 5) is 27.6. The number of ether oxygens (including phenoxy) is 1. The Bertz CT molecular complexity index is 897. The first-order chi connectivity index (χ1) is 15.6. The SMILES string of the molecule is CCOC1C[C@@H](C(=O)NCC(F)(F)F)N(/C=N/C(=N\C(C)C)C2=CNC3=NC=C(Cl)CC23)C1. The lowest BCUT2D eigenvalue weighted by atomic mass is 9.95. The molecule has 0 radical (unpaired) electrons. The van der Waals surface area contributed by atoms with Crippen LogP contribution < -0.4 is 10.6 Å². The molecule has 0 bridgehead atoms. The smallest absolute Gasteiger partial charge is 0.377 e. The second-order valence-corrected chi connectivity index (χ2v) is 8.73. The predicted molar refractivity (Wildman–Crippen MR) is 121 cm³/mol. The molecule has 8 nitrogen and oxygen atoms in total. The van der Waals surface area contributed by atoms with Gasteiger partial charge in [-0.25, -0.2) is 9.98 Å². The van der Waals surface area contributed by atoms with Crippen molar-refractivity contribution in [3.63, 3.8) is 0 Å². The summed E-state index contributed by atoms with van der Waals surface area (Å²) in [6.45, 7) is 5.03. The second kappa shape index (κ2) is 10.7. The Labute approximate surface area is 195 Å². The fourth-order valence-electron chi connectivity index (χ4n) is 3.87. The summed E-state index contributed by atoms with van der Waals surface area (Å²) in [7, 11) is 0. The van der Waals surface area contributed by atoms with E-state index in [1.54, 1.807) is 17.3 Å². The molecular weight excluding hydrogens is 461 g/mol. The summed E-state index contributed by atoms with van der Waals surface area (Å²) in [5.41, 5.74) is 0.809. The molecule has 3 aliphatic heterocycles. The van der Waals surface area contributed by atoms with Crippen molar-refractivity contribution in [2.75, 3.05) is 19.7 Å². The maximum Gasteiger partial charge on any atom is 0.405 e. The first-order valence-corrected chi connectivity index (χ1v) is 11.2. The first-order valence-electron chi connectivity index (χ1n) is 10.8. The fraction of sp³-hybridized carbons (Fsp3) is 0.619. The standard InChI is InChI=1S/C21H28ClF3N6O2/c1-4-33-14-6-17(20(32)28-10-21(23,24)25)31(9-14)11-29-19(30-12(2)3)16-8-27-18-15(16)5-13(22)7-26-18/h7-8,11-12,14-15,17H,4-6,9-10H2,1-3H3,(H,26,27)(H,28,32)/b29-11+,30-19-/t14?,15?,17-/m0/s1. The van der Waals surface area contributed by atoms with Crippen molar-refractivity contribution in [2.45, 2.75) is 58.0 Å². The molecule has 2 N–H and O–H groups in total. The molecule has 0 saturated carbocycles. The third-order valence-electron chi connectivity index (χ3n) is 5.26. The van der Waals surface area contributed by atoms with Gasteiger partial charge in [-0.1, -0.05) is 11.6 Å². The van der Waals surface area contributed by atoms with Crippen molar-refractivity contribution in [1.82, 2.24) is 15.5 Å². The number of hydrogen-bond acceptors (Lipinski definition) is 5. The minimum Gasteiger partial charge on any atom is -0.377 e. The van der Waals surface area contributed by atoms with Gasteiger partial charge in [-0.15, -0.1) is 0 Å². The fourth-order valence-corrected chi connectivity index (χ4v) is 4.07. The highest BCUT2D eigenvalue weighted by Gasteiger charge is 2.38. The number of hydrogen-bond donors (Lipinski definition) is 2. The first kappa shape index (κ1) is 25.2.